The third-order valence-electron chi connectivity index (χ3n) is 7.10. The molecule has 6 aromatic rings. The van der Waals surface area contributed by atoms with Gasteiger partial charge in [0, 0.05) is 42.0 Å². The van der Waals surface area contributed by atoms with E-state index >= 15 is 0 Å². The van der Waals surface area contributed by atoms with E-state index in [1.165, 1.54) is 64.2 Å². The van der Waals surface area contributed by atoms with Crippen molar-refractivity contribution in [1.82, 2.24) is 4.98 Å². The summed E-state index contributed by atoms with van der Waals surface area (Å²) in [5.74, 6) is 0. The van der Waals surface area contributed by atoms with Gasteiger partial charge in [0.2, 0.25) is 0 Å². The molecule has 0 amide bonds. The van der Waals surface area contributed by atoms with Crippen LogP contribution in [0.1, 0.15) is 52.7 Å². The van der Waals surface area contributed by atoms with E-state index in [-0.39, 0.29) is 10.8 Å². The van der Waals surface area contributed by atoms with Crippen LogP contribution in [0.4, 0.5) is 0 Å². The van der Waals surface area contributed by atoms with E-state index in [0.29, 0.717) is 0 Å². The number of thiophene rings is 1. The molecule has 0 aliphatic carbocycles. The van der Waals surface area contributed by atoms with Crippen molar-refractivity contribution < 1.29 is 0 Å². The topological polar surface area (TPSA) is 15.8 Å². The number of fused-ring (bicyclic) bond motifs is 7. The van der Waals surface area contributed by atoms with Gasteiger partial charge >= 0.3 is 0 Å². The molecule has 0 unspecified atom stereocenters. The van der Waals surface area contributed by atoms with E-state index in [4.69, 9.17) is 0 Å². The zero-order valence-electron chi connectivity index (χ0n) is 20.8. The molecule has 0 bridgehead atoms. The Morgan fingerprint density at radius 2 is 1.26 bits per heavy atom. The molecular formula is C32H31NS. The fraction of sp³-hybridized carbons (Fsp3) is 0.250. The highest BCUT2D eigenvalue weighted by molar-refractivity contribution is 7.26. The molecule has 0 fully saturated rings. The van der Waals surface area contributed by atoms with E-state index in [9.17, 15) is 0 Å². The number of aromatic nitrogens is 1. The van der Waals surface area contributed by atoms with Gasteiger partial charge in [-0.1, -0.05) is 90.1 Å². The van der Waals surface area contributed by atoms with Gasteiger partial charge in [-0.3, -0.25) is 0 Å². The van der Waals surface area contributed by atoms with Crippen molar-refractivity contribution in [1.29, 1.82) is 0 Å². The van der Waals surface area contributed by atoms with Gasteiger partial charge in [-0.05, 0) is 57.3 Å². The van der Waals surface area contributed by atoms with Gasteiger partial charge in [0.05, 0.1) is 0 Å². The summed E-state index contributed by atoms with van der Waals surface area (Å²) in [5, 5.41) is 5.37. The molecule has 0 aliphatic heterocycles. The number of aromatic amines is 1. The molecule has 0 aliphatic rings. The van der Waals surface area contributed by atoms with Gasteiger partial charge in [-0.2, -0.15) is 0 Å². The lowest BCUT2D eigenvalue weighted by atomic mass is 9.79. The molecule has 0 atom stereocenters. The maximum atomic E-state index is 3.73. The lowest BCUT2D eigenvalue weighted by Crippen LogP contribution is -2.16. The first-order valence-corrected chi connectivity index (χ1v) is 12.9. The Morgan fingerprint density at radius 3 is 1.97 bits per heavy atom. The quantitative estimate of drug-likeness (QED) is 0.251. The molecule has 0 saturated carbocycles. The van der Waals surface area contributed by atoms with Crippen LogP contribution in [-0.4, -0.2) is 4.98 Å². The van der Waals surface area contributed by atoms with Crippen LogP contribution in [-0.2, 0) is 10.8 Å². The van der Waals surface area contributed by atoms with Crippen molar-refractivity contribution in [3.05, 3.63) is 83.9 Å². The number of H-pyrrole nitrogens is 1. The summed E-state index contributed by atoms with van der Waals surface area (Å²) in [7, 11) is 0. The summed E-state index contributed by atoms with van der Waals surface area (Å²) in [6.07, 6.45) is 0. The monoisotopic (exact) mass is 461 g/mol. The lowest BCUT2D eigenvalue weighted by molar-refractivity contribution is 0.569. The third-order valence-corrected chi connectivity index (χ3v) is 8.24. The number of nitrogens with one attached hydrogen (secondary N) is 1. The number of rotatable bonds is 1. The predicted molar refractivity (Wildman–Crippen MR) is 152 cm³/mol. The van der Waals surface area contributed by atoms with Gasteiger partial charge in [0.25, 0.3) is 0 Å². The summed E-state index contributed by atoms with van der Waals surface area (Å²) < 4.78 is 2.70. The highest BCUT2D eigenvalue weighted by atomic mass is 32.1. The minimum atomic E-state index is 0.104. The van der Waals surface area contributed by atoms with Gasteiger partial charge in [-0.15, -0.1) is 11.3 Å². The first-order chi connectivity index (χ1) is 16.1. The highest BCUT2D eigenvalue weighted by Gasteiger charge is 2.21. The van der Waals surface area contributed by atoms with Crippen molar-refractivity contribution >= 4 is 53.3 Å². The van der Waals surface area contributed by atoms with Gasteiger partial charge in [0.1, 0.15) is 0 Å². The molecule has 0 saturated heterocycles. The SMILES string of the molecule is CC(C)(C)c1cc(-c2ccc3c(c2)[nH]c2ccc4sc5ccccc5c4c23)cc(C(C)(C)C)c1. The van der Waals surface area contributed by atoms with Crippen LogP contribution < -0.4 is 0 Å². The second kappa shape index (κ2) is 7.20. The van der Waals surface area contributed by atoms with E-state index in [1.807, 2.05) is 11.3 Å². The second-order valence-corrected chi connectivity index (χ2v) is 12.7. The molecule has 0 radical (unpaired) electrons. The summed E-state index contributed by atoms with van der Waals surface area (Å²) in [6.45, 7) is 13.8. The smallest absolute Gasteiger partial charge is 0.0472 e. The molecule has 1 nitrogen and oxygen atoms in total. The van der Waals surface area contributed by atoms with E-state index in [0.717, 1.165) is 0 Å². The first-order valence-electron chi connectivity index (χ1n) is 12.1. The summed E-state index contributed by atoms with van der Waals surface area (Å²) in [5.41, 5.74) is 7.96. The Balaban J connectivity index is 1.60. The average molecular weight is 462 g/mol. The molecule has 34 heavy (non-hydrogen) atoms. The molecule has 0 spiro atoms. The van der Waals surface area contributed by atoms with Crippen molar-refractivity contribution in [3.8, 4) is 11.1 Å². The summed E-state index contributed by atoms with van der Waals surface area (Å²) in [4.78, 5) is 3.73. The van der Waals surface area contributed by atoms with Crippen molar-refractivity contribution in [3.63, 3.8) is 0 Å². The fourth-order valence-corrected chi connectivity index (χ4v) is 6.16. The molecule has 2 heteroatoms. The highest BCUT2D eigenvalue weighted by Crippen LogP contribution is 2.42. The molecule has 6 rings (SSSR count). The van der Waals surface area contributed by atoms with Crippen LogP contribution >= 0.6 is 11.3 Å². The molecule has 2 aromatic heterocycles. The summed E-state index contributed by atoms with van der Waals surface area (Å²) in [6, 6.07) is 27.4. The fourth-order valence-electron chi connectivity index (χ4n) is 5.05. The van der Waals surface area contributed by atoms with E-state index in [1.54, 1.807) is 0 Å². The Bertz CT molecular complexity index is 1680. The standard InChI is InChI=1S/C32H31NS/c1-31(2,3)21-15-20(16-22(18-21)32(4,5)6)19-11-12-23-26(17-19)33-25-13-14-28-30(29(23)25)24-9-7-8-10-27(24)34-28/h7-18,33H,1-6H3. The van der Waals surface area contributed by atoms with Gasteiger partial charge < -0.3 is 4.98 Å². The summed E-state index contributed by atoms with van der Waals surface area (Å²) >= 11 is 1.88. The normalized spacial score (nSPS) is 13.0. The maximum absolute atomic E-state index is 3.73. The molecule has 170 valence electrons. The molecular weight excluding hydrogens is 430 g/mol. The van der Waals surface area contributed by atoms with Crippen LogP contribution in [0.5, 0.6) is 0 Å². The predicted octanol–water partition coefficient (Wildman–Crippen LogP) is 9.95. The van der Waals surface area contributed by atoms with E-state index in [2.05, 4.69) is 119 Å². The van der Waals surface area contributed by atoms with Crippen LogP contribution in [0.3, 0.4) is 0 Å². The number of benzene rings is 4. The van der Waals surface area contributed by atoms with Crippen molar-refractivity contribution in [2.75, 3.05) is 0 Å². The number of hydrogen-bond acceptors (Lipinski definition) is 1. The third kappa shape index (κ3) is 3.35. The Morgan fingerprint density at radius 1 is 0.559 bits per heavy atom. The van der Waals surface area contributed by atoms with Gasteiger partial charge in [-0.25, -0.2) is 0 Å². The Kier molecular flexibility index (Phi) is 4.54. The number of hydrogen-bond donors (Lipinski definition) is 1. The van der Waals surface area contributed by atoms with Crippen LogP contribution in [0, 0.1) is 0 Å². The second-order valence-electron chi connectivity index (χ2n) is 11.6. The van der Waals surface area contributed by atoms with Crippen molar-refractivity contribution in [2.45, 2.75) is 52.4 Å². The molecule has 1 N–H and O–H groups in total. The average Bonchev–Trinajstić information content (AvgIpc) is 3.34. The van der Waals surface area contributed by atoms with Crippen LogP contribution in [0.15, 0.2) is 72.8 Å². The lowest BCUT2D eigenvalue weighted by Gasteiger charge is -2.26. The zero-order chi connectivity index (χ0) is 23.8. The van der Waals surface area contributed by atoms with E-state index < -0.39 is 0 Å². The van der Waals surface area contributed by atoms with Gasteiger partial charge in [0.15, 0.2) is 0 Å². The van der Waals surface area contributed by atoms with Crippen molar-refractivity contribution in [2.24, 2.45) is 0 Å². The van der Waals surface area contributed by atoms with Crippen LogP contribution in [0.25, 0.3) is 53.1 Å². The minimum absolute atomic E-state index is 0.104. The first kappa shape index (κ1) is 21.4. The molecule has 2 heterocycles. The van der Waals surface area contributed by atoms with Crippen LogP contribution in [0.2, 0.25) is 0 Å². The Labute approximate surface area is 205 Å². The molecule has 4 aromatic carbocycles. The maximum Gasteiger partial charge on any atom is 0.0472 e. The zero-order valence-corrected chi connectivity index (χ0v) is 21.7. The largest absolute Gasteiger partial charge is 0.354 e. The Hall–Kier alpha value is -3.10. The minimum Gasteiger partial charge on any atom is -0.354 e.